The lowest BCUT2D eigenvalue weighted by Crippen LogP contribution is -1.88. The van der Waals surface area contributed by atoms with Gasteiger partial charge >= 0.3 is 16.5 Å². The second-order valence-corrected chi connectivity index (χ2v) is 2.46. The molecule has 2 radical (unpaired) electrons. The lowest BCUT2D eigenvalue weighted by molar-refractivity contribution is 0.976. The minimum Gasteiger partial charge on any atom is -0.389 e. The van der Waals surface area contributed by atoms with Gasteiger partial charge in [0, 0.05) is 0 Å². The van der Waals surface area contributed by atoms with E-state index < -0.39 is 0 Å². The zero-order valence-electron chi connectivity index (χ0n) is 3.50. The van der Waals surface area contributed by atoms with Crippen LogP contribution in [0.3, 0.4) is 0 Å². The predicted octanol–water partition coefficient (Wildman–Crippen LogP) is 0.577. The van der Waals surface area contributed by atoms with Gasteiger partial charge in [-0.15, -0.1) is 0 Å². The molecule has 1 aromatic rings. The van der Waals surface area contributed by atoms with E-state index >= 15 is 0 Å². The van der Waals surface area contributed by atoms with E-state index in [-0.39, 0.29) is 0 Å². The van der Waals surface area contributed by atoms with Crippen molar-refractivity contribution < 1.29 is 0 Å². The molecule has 0 saturated heterocycles. The Bertz CT molecular complexity index is 145. The summed E-state index contributed by atoms with van der Waals surface area (Å²) in [5.41, 5.74) is 0. The summed E-state index contributed by atoms with van der Waals surface area (Å²) >= 11 is 5.61. The fourth-order valence-electron chi connectivity index (χ4n) is 0.315. The molecule has 0 aliphatic rings. The van der Waals surface area contributed by atoms with Gasteiger partial charge in [0.1, 0.15) is 4.60 Å². The van der Waals surface area contributed by atoms with Crippen LogP contribution in [0.25, 0.3) is 0 Å². The maximum Gasteiger partial charge on any atom is 0.353 e. The molecule has 7 heavy (non-hydrogen) atoms. The van der Waals surface area contributed by atoms with Gasteiger partial charge in [-0.3, -0.25) is 0 Å². The highest BCUT2D eigenvalue weighted by molar-refractivity contribution is 9.10. The number of hydrogen-bond acceptors (Lipinski definition) is 1. The minimum atomic E-state index is 0.863. The first-order chi connectivity index (χ1) is 3.29. The number of aromatic nitrogens is 2. The minimum absolute atomic E-state index is 0.863. The van der Waals surface area contributed by atoms with Crippen molar-refractivity contribution in [3.63, 3.8) is 0 Å². The molecule has 2 nitrogen and oxygen atoms in total. The summed E-state index contributed by atoms with van der Waals surface area (Å²) in [6.07, 6.45) is 1.84. The van der Waals surface area contributed by atoms with Crippen LogP contribution in [0.1, 0.15) is 0 Å². The molecule has 0 fully saturated rings. The Labute approximate surface area is 58.3 Å². The van der Waals surface area contributed by atoms with E-state index in [0.29, 0.717) is 0 Å². The van der Waals surface area contributed by atoms with Crippen LogP contribution in [0.15, 0.2) is 16.9 Å². The van der Waals surface area contributed by atoms with Crippen LogP contribution in [0.5, 0.6) is 0 Å². The first-order valence-corrected chi connectivity index (χ1v) is 3.06. The third-order valence-electron chi connectivity index (χ3n) is 0.576. The highest BCUT2D eigenvalue weighted by Gasteiger charge is 1.83. The maximum atomic E-state index is 3.91. The molecule has 0 N–H and O–H groups in total. The zero-order valence-corrected chi connectivity index (χ0v) is 6.25. The third kappa shape index (κ3) is 1.30. The molecule has 1 rings (SSSR count). The van der Waals surface area contributed by atoms with Crippen LogP contribution in [0, 0.1) is 0 Å². The molecule has 0 bridgehead atoms. The molecule has 0 saturated carbocycles. The Hall–Kier alpha value is 0.222. The van der Waals surface area contributed by atoms with Crippen molar-refractivity contribution in [2.45, 2.75) is 0 Å². The highest BCUT2D eigenvalue weighted by atomic mass is 79.9. The second kappa shape index (κ2) is 2.00. The first kappa shape index (κ1) is 5.36. The second-order valence-electron chi connectivity index (χ2n) is 1.12. The van der Waals surface area contributed by atoms with E-state index in [0.717, 1.165) is 4.60 Å². The van der Waals surface area contributed by atoms with Crippen LogP contribution < -0.4 is 0 Å². The topological polar surface area (TPSA) is 17.8 Å². The Morgan fingerprint density at radius 1 is 1.86 bits per heavy atom. The van der Waals surface area contributed by atoms with E-state index in [1.807, 2.05) is 12.3 Å². The molecule has 0 aliphatic heterocycles. The van der Waals surface area contributed by atoms with Gasteiger partial charge in [-0.05, 0) is 28.2 Å². The van der Waals surface area contributed by atoms with Gasteiger partial charge in [-0.25, -0.2) is 0 Å². The van der Waals surface area contributed by atoms with Crippen LogP contribution in [0.2, 0.25) is 0 Å². The van der Waals surface area contributed by atoms with Crippen molar-refractivity contribution in [2.75, 3.05) is 0 Å². The van der Waals surface area contributed by atoms with Crippen LogP contribution >= 0.6 is 15.9 Å². The molecule has 0 aliphatic carbocycles. The monoisotopic (exact) mass is 172 g/mol. The summed E-state index contributed by atoms with van der Waals surface area (Å²) in [7, 11) is 0. The van der Waals surface area contributed by atoms with Crippen LogP contribution in [-0.2, 0) is 0 Å². The van der Waals surface area contributed by atoms with Crippen molar-refractivity contribution in [1.82, 2.24) is 8.76 Å². The van der Waals surface area contributed by atoms with Crippen molar-refractivity contribution in [3.05, 3.63) is 16.9 Å². The molecule has 0 unspecified atom stereocenters. The average molecular weight is 173 g/mol. The fraction of sp³-hybridized carbons (Fsp3) is 0. The van der Waals surface area contributed by atoms with Crippen molar-refractivity contribution in [3.8, 4) is 0 Å². The van der Waals surface area contributed by atoms with Crippen molar-refractivity contribution in [1.29, 1.82) is 0 Å². The summed E-state index contributed by atoms with van der Waals surface area (Å²) in [5, 5.41) is 3.91. The molecular weight excluding hydrogens is 171 g/mol. The Kier molecular flexibility index (Phi) is 1.53. The summed E-state index contributed by atoms with van der Waals surface area (Å²) in [4.78, 5) is 0. The summed E-state index contributed by atoms with van der Waals surface area (Å²) < 4.78 is 2.52. The highest BCUT2D eigenvalue weighted by Crippen LogP contribution is 2.00. The molecule has 34 valence electrons. The molecule has 0 amide bonds. The number of nitrogens with zero attached hydrogens (tertiary/aromatic N) is 2. The largest absolute Gasteiger partial charge is 0.389 e. The lowest BCUT2D eigenvalue weighted by Gasteiger charge is -1.81. The number of halogens is 1. The Morgan fingerprint density at radius 3 is 2.71 bits per heavy atom. The maximum absolute atomic E-state index is 3.91. The van der Waals surface area contributed by atoms with Crippen LogP contribution in [-0.4, -0.2) is 25.3 Å². The van der Waals surface area contributed by atoms with Crippen LogP contribution in [0.4, 0.5) is 0 Å². The SMILES string of the molecule is [Al][n]1ccc(Br)n1. The van der Waals surface area contributed by atoms with Gasteiger partial charge in [0.25, 0.3) is 0 Å². The van der Waals surface area contributed by atoms with E-state index in [4.69, 9.17) is 0 Å². The average Bonchev–Trinajstić information content (AvgIpc) is 1.87. The summed E-state index contributed by atoms with van der Waals surface area (Å²) in [6, 6.07) is 1.87. The fourth-order valence-corrected chi connectivity index (χ4v) is 0.996. The van der Waals surface area contributed by atoms with E-state index in [2.05, 4.69) is 37.5 Å². The van der Waals surface area contributed by atoms with E-state index in [1.54, 1.807) is 3.67 Å². The molecule has 4 heteroatoms. The first-order valence-electron chi connectivity index (χ1n) is 1.75. The molecule has 1 heterocycles. The third-order valence-corrected chi connectivity index (χ3v) is 1.29. The lowest BCUT2D eigenvalue weighted by atomic mass is 10.8. The van der Waals surface area contributed by atoms with E-state index in [1.165, 1.54) is 0 Å². The van der Waals surface area contributed by atoms with Gasteiger partial charge in [-0.1, -0.05) is 0 Å². The van der Waals surface area contributed by atoms with Crippen molar-refractivity contribution >= 4 is 32.4 Å². The number of hydrogen-bond donors (Lipinski definition) is 0. The molecule has 0 atom stereocenters. The van der Waals surface area contributed by atoms with Gasteiger partial charge < -0.3 is 3.67 Å². The Balaban J connectivity index is 3.04. The van der Waals surface area contributed by atoms with E-state index in [9.17, 15) is 0 Å². The predicted molar refractivity (Wildman–Crippen MR) is 31.1 cm³/mol. The van der Waals surface area contributed by atoms with Gasteiger partial charge in [0.2, 0.25) is 0 Å². The van der Waals surface area contributed by atoms with Gasteiger partial charge in [-0.2, -0.15) is 5.10 Å². The summed E-state index contributed by atoms with van der Waals surface area (Å²) in [5.74, 6) is 0. The molecule has 0 aromatic carbocycles. The smallest absolute Gasteiger partial charge is 0.353 e. The Morgan fingerprint density at radius 2 is 2.57 bits per heavy atom. The zero-order chi connectivity index (χ0) is 5.28. The quantitative estimate of drug-likeness (QED) is 0.524. The number of rotatable bonds is 0. The normalized spacial score (nSPS) is 9.29. The molecule has 1 aromatic heterocycles. The molecular formula is C3H2AlBrN2. The van der Waals surface area contributed by atoms with Crippen molar-refractivity contribution in [2.24, 2.45) is 0 Å². The van der Waals surface area contributed by atoms with Gasteiger partial charge in [0.05, 0.1) is 0 Å². The molecule has 0 spiro atoms. The summed E-state index contributed by atoms with van der Waals surface area (Å²) in [6.45, 7) is 0. The van der Waals surface area contributed by atoms with Gasteiger partial charge in [0.15, 0.2) is 0 Å². The standard InChI is InChI=1S/C3H2BrN2.Al/c4-3-1-2-5-6-3;/h1-2H;/q-1;+1.